The Kier molecular flexibility index (Phi) is 6.54. The summed E-state index contributed by atoms with van der Waals surface area (Å²) in [7, 11) is 1.37. The molecule has 78 valence electrons. The van der Waals surface area contributed by atoms with Crippen LogP contribution in [0, 0.1) is 5.92 Å². The van der Waals surface area contributed by atoms with Gasteiger partial charge in [0.25, 0.3) is 0 Å². The summed E-state index contributed by atoms with van der Waals surface area (Å²) in [6, 6.07) is 0.115. The van der Waals surface area contributed by atoms with Crippen molar-refractivity contribution in [2.24, 2.45) is 11.7 Å². The van der Waals surface area contributed by atoms with E-state index >= 15 is 0 Å². The molecule has 0 aliphatic heterocycles. The predicted octanol–water partition coefficient (Wildman–Crippen LogP) is 0.122. The molecule has 0 aromatic carbocycles. The molecule has 1 unspecified atom stereocenters. The Morgan fingerprint density at radius 2 is 2.15 bits per heavy atom. The zero-order valence-electron chi connectivity index (χ0n) is 8.67. The van der Waals surface area contributed by atoms with E-state index in [0.717, 1.165) is 6.42 Å². The molecule has 0 aliphatic rings. The number of ether oxygens (including phenoxy) is 1. The van der Waals surface area contributed by atoms with Gasteiger partial charge in [-0.2, -0.15) is 0 Å². The molecule has 0 spiro atoms. The van der Waals surface area contributed by atoms with Gasteiger partial charge in [-0.3, -0.25) is 4.79 Å². The van der Waals surface area contributed by atoms with Crippen LogP contribution in [0.15, 0.2) is 0 Å². The summed E-state index contributed by atoms with van der Waals surface area (Å²) in [4.78, 5) is 10.7. The van der Waals surface area contributed by atoms with Crippen LogP contribution in [-0.2, 0) is 9.53 Å². The summed E-state index contributed by atoms with van der Waals surface area (Å²) in [5, 5.41) is 2.94. The van der Waals surface area contributed by atoms with E-state index in [1.165, 1.54) is 7.11 Å². The lowest BCUT2D eigenvalue weighted by Gasteiger charge is -2.13. The van der Waals surface area contributed by atoms with Crippen LogP contribution >= 0.6 is 0 Å². The van der Waals surface area contributed by atoms with Gasteiger partial charge in [-0.15, -0.1) is 0 Å². The summed E-state index contributed by atoms with van der Waals surface area (Å²) >= 11 is 0. The van der Waals surface area contributed by atoms with Gasteiger partial charge >= 0.3 is 5.97 Å². The lowest BCUT2D eigenvalue weighted by Crippen LogP contribution is -2.37. The Balaban J connectivity index is 3.36. The third-order valence-electron chi connectivity index (χ3n) is 1.68. The first kappa shape index (κ1) is 12.4. The Bertz CT molecular complexity index is 149. The van der Waals surface area contributed by atoms with E-state index in [0.29, 0.717) is 12.5 Å². The molecule has 0 bridgehead atoms. The highest BCUT2D eigenvalue weighted by Crippen LogP contribution is 2.01. The lowest BCUT2D eigenvalue weighted by molar-refractivity contribution is -0.139. The standard InChI is InChI=1S/C9H20N2O2/c1-7(2)4-8(10)5-11-6-9(12)13-3/h7-8,11H,4-6,10H2,1-3H3. The first-order valence-electron chi connectivity index (χ1n) is 4.59. The van der Waals surface area contributed by atoms with Crippen molar-refractivity contribution in [3.05, 3.63) is 0 Å². The number of rotatable bonds is 6. The second-order valence-corrected chi connectivity index (χ2v) is 3.60. The SMILES string of the molecule is COC(=O)CNCC(N)CC(C)C. The van der Waals surface area contributed by atoms with Gasteiger partial charge in [0.2, 0.25) is 0 Å². The molecule has 4 nitrogen and oxygen atoms in total. The number of nitrogens with two attached hydrogens (primary N) is 1. The normalized spacial score (nSPS) is 13.0. The molecule has 0 fully saturated rings. The molecule has 0 amide bonds. The van der Waals surface area contributed by atoms with Gasteiger partial charge in [0.1, 0.15) is 0 Å². The number of hydrogen-bond acceptors (Lipinski definition) is 4. The number of carbonyl (C=O) groups is 1. The van der Waals surface area contributed by atoms with E-state index in [9.17, 15) is 4.79 Å². The van der Waals surface area contributed by atoms with E-state index in [4.69, 9.17) is 5.73 Å². The number of esters is 1. The van der Waals surface area contributed by atoms with Gasteiger partial charge in [0.05, 0.1) is 13.7 Å². The Morgan fingerprint density at radius 1 is 1.54 bits per heavy atom. The second kappa shape index (κ2) is 6.86. The molecule has 13 heavy (non-hydrogen) atoms. The Labute approximate surface area is 79.8 Å². The van der Waals surface area contributed by atoms with E-state index < -0.39 is 0 Å². The molecule has 0 radical (unpaired) electrons. The van der Waals surface area contributed by atoms with Crippen LogP contribution in [0.2, 0.25) is 0 Å². The maximum atomic E-state index is 10.7. The van der Waals surface area contributed by atoms with Crippen LogP contribution in [0.25, 0.3) is 0 Å². The fraction of sp³-hybridized carbons (Fsp3) is 0.889. The zero-order chi connectivity index (χ0) is 10.3. The average molecular weight is 188 g/mol. The fourth-order valence-corrected chi connectivity index (χ4v) is 1.12. The molecule has 0 saturated heterocycles. The summed E-state index contributed by atoms with van der Waals surface area (Å²) < 4.78 is 4.47. The van der Waals surface area contributed by atoms with Crippen molar-refractivity contribution in [3.63, 3.8) is 0 Å². The number of hydrogen-bond donors (Lipinski definition) is 2. The predicted molar refractivity (Wildman–Crippen MR) is 52.3 cm³/mol. The van der Waals surface area contributed by atoms with E-state index in [-0.39, 0.29) is 18.6 Å². The lowest BCUT2D eigenvalue weighted by atomic mass is 10.0. The molecule has 1 atom stereocenters. The molecule has 0 aliphatic carbocycles. The molecular formula is C9H20N2O2. The number of nitrogens with one attached hydrogen (secondary N) is 1. The first-order valence-corrected chi connectivity index (χ1v) is 4.59. The Hall–Kier alpha value is -0.610. The van der Waals surface area contributed by atoms with E-state index in [1.54, 1.807) is 0 Å². The summed E-state index contributed by atoms with van der Waals surface area (Å²) in [6.07, 6.45) is 0.966. The summed E-state index contributed by atoms with van der Waals surface area (Å²) in [5.74, 6) is 0.340. The van der Waals surface area contributed by atoms with Crippen molar-refractivity contribution in [3.8, 4) is 0 Å². The second-order valence-electron chi connectivity index (χ2n) is 3.60. The van der Waals surface area contributed by atoms with E-state index in [1.807, 2.05) is 0 Å². The molecule has 0 rings (SSSR count). The van der Waals surface area contributed by atoms with E-state index in [2.05, 4.69) is 23.9 Å². The molecule has 0 heterocycles. The molecule has 3 N–H and O–H groups in total. The highest BCUT2D eigenvalue weighted by Gasteiger charge is 2.06. The van der Waals surface area contributed by atoms with Crippen molar-refractivity contribution < 1.29 is 9.53 Å². The average Bonchev–Trinajstić information content (AvgIpc) is 2.02. The highest BCUT2D eigenvalue weighted by atomic mass is 16.5. The summed E-state index contributed by atoms with van der Waals surface area (Å²) in [6.45, 7) is 5.15. The minimum absolute atomic E-state index is 0.115. The third kappa shape index (κ3) is 7.74. The van der Waals surface area contributed by atoms with Gasteiger partial charge in [-0.05, 0) is 12.3 Å². The molecule has 4 heteroatoms. The topological polar surface area (TPSA) is 64.3 Å². The smallest absolute Gasteiger partial charge is 0.319 e. The fourth-order valence-electron chi connectivity index (χ4n) is 1.12. The molecule has 0 aromatic heterocycles. The third-order valence-corrected chi connectivity index (χ3v) is 1.68. The van der Waals surface area contributed by atoms with Crippen molar-refractivity contribution in [2.75, 3.05) is 20.2 Å². The van der Waals surface area contributed by atoms with Crippen LogP contribution in [0.3, 0.4) is 0 Å². The van der Waals surface area contributed by atoms with Gasteiger partial charge < -0.3 is 15.8 Å². The van der Waals surface area contributed by atoms with Gasteiger partial charge in [0.15, 0.2) is 0 Å². The molecule has 0 saturated carbocycles. The minimum atomic E-state index is -0.253. The molecular weight excluding hydrogens is 168 g/mol. The Morgan fingerprint density at radius 3 is 2.62 bits per heavy atom. The summed E-state index contributed by atoms with van der Waals surface area (Å²) in [5.41, 5.74) is 5.79. The van der Waals surface area contributed by atoms with Crippen LogP contribution in [0.1, 0.15) is 20.3 Å². The van der Waals surface area contributed by atoms with Crippen molar-refractivity contribution in [2.45, 2.75) is 26.3 Å². The van der Waals surface area contributed by atoms with Gasteiger partial charge in [0, 0.05) is 12.6 Å². The number of methoxy groups -OCH3 is 1. The quantitative estimate of drug-likeness (QED) is 0.581. The zero-order valence-corrected chi connectivity index (χ0v) is 8.67. The molecule has 0 aromatic rings. The van der Waals surface area contributed by atoms with Gasteiger partial charge in [-0.25, -0.2) is 0 Å². The first-order chi connectivity index (χ1) is 6.06. The maximum Gasteiger partial charge on any atom is 0.319 e. The van der Waals surface area contributed by atoms with Crippen LogP contribution in [0.4, 0.5) is 0 Å². The van der Waals surface area contributed by atoms with Crippen LogP contribution in [-0.4, -0.2) is 32.2 Å². The van der Waals surface area contributed by atoms with Crippen molar-refractivity contribution in [1.82, 2.24) is 5.32 Å². The van der Waals surface area contributed by atoms with Crippen molar-refractivity contribution >= 4 is 5.97 Å². The number of carbonyl (C=O) groups excluding carboxylic acids is 1. The minimum Gasteiger partial charge on any atom is -0.468 e. The monoisotopic (exact) mass is 188 g/mol. The largest absolute Gasteiger partial charge is 0.468 e. The van der Waals surface area contributed by atoms with Crippen molar-refractivity contribution in [1.29, 1.82) is 0 Å². The van der Waals surface area contributed by atoms with Gasteiger partial charge in [-0.1, -0.05) is 13.8 Å². The highest BCUT2D eigenvalue weighted by molar-refractivity contribution is 5.71. The van der Waals surface area contributed by atoms with Crippen LogP contribution < -0.4 is 11.1 Å². The van der Waals surface area contributed by atoms with Crippen LogP contribution in [0.5, 0.6) is 0 Å². The maximum absolute atomic E-state index is 10.7.